The van der Waals surface area contributed by atoms with Gasteiger partial charge in [0.1, 0.15) is 6.04 Å². The molecular weight excluding hydrogens is 474 g/mol. The maximum atomic E-state index is 13.0. The summed E-state index contributed by atoms with van der Waals surface area (Å²) in [5.74, 6) is -1.67. The molecule has 0 radical (unpaired) electrons. The number of nitrogens with one attached hydrogen (secondary N) is 1. The number of fused-ring (bicyclic) bond motifs is 1. The van der Waals surface area contributed by atoms with Crippen molar-refractivity contribution in [3.8, 4) is 11.1 Å². The van der Waals surface area contributed by atoms with Crippen LogP contribution in [0.3, 0.4) is 0 Å². The molecule has 2 aromatic carbocycles. The normalized spacial score (nSPS) is 13.7. The number of amides is 2. The molecule has 8 heteroatoms. The van der Waals surface area contributed by atoms with Crippen molar-refractivity contribution in [3.05, 3.63) is 69.7 Å². The highest BCUT2D eigenvalue weighted by atomic mass is 32.1. The second-order valence-electron chi connectivity index (χ2n) is 9.45. The van der Waals surface area contributed by atoms with Crippen molar-refractivity contribution in [1.29, 1.82) is 0 Å². The summed E-state index contributed by atoms with van der Waals surface area (Å²) in [6.45, 7) is 6.08. The summed E-state index contributed by atoms with van der Waals surface area (Å²) in [6.07, 6.45) is 6.16. The first-order chi connectivity index (χ1) is 17.3. The van der Waals surface area contributed by atoms with Gasteiger partial charge in [-0.05, 0) is 53.6 Å². The summed E-state index contributed by atoms with van der Waals surface area (Å²) in [5.41, 5.74) is 3.78. The quantitative estimate of drug-likeness (QED) is 0.336. The molecule has 3 aromatic rings. The van der Waals surface area contributed by atoms with Gasteiger partial charge in [-0.15, -0.1) is 11.3 Å². The predicted molar refractivity (Wildman–Crippen MR) is 141 cm³/mol. The van der Waals surface area contributed by atoms with E-state index in [1.807, 2.05) is 56.3 Å². The van der Waals surface area contributed by atoms with E-state index in [1.165, 1.54) is 22.7 Å². The molecule has 2 N–H and O–H groups in total. The minimum atomic E-state index is -0.991. The second-order valence-corrected chi connectivity index (χ2v) is 10.6. The fourth-order valence-corrected chi connectivity index (χ4v) is 5.36. The zero-order valence-corrected chi connectivity index (χ0v) is 21.6. The highest BCUT2D eigenvalue weighted by molar-refractivity contribution is 7.13. The van der Waals surface area contributed by atoms with E-state index in [9.17, 15) is 19.5 Å². The van der Waals surface area contributed by atoms with E-state index in [0.29, 0.717) is 22.8 Å². The number of unbranched alkanes of at least 4 members (excludes halogenated alkanes) is 2. The van der Waals surface area contributed by atoms with E-state index < -0.39 is 12.0 Å². The van der Waals surface area contributed by atoms with Crippen molar-refractivity contribution in [2.45, 2.75) is 59.0 Å². The van der Waals surface area contributed by atoms with Gasteiger partial charge in [-0.3, -0.25) is 9.59 Å². The molecule has 188 valence electrons. The molecule has 2 heterocycles. The molecular formula is C28H31N3O4S. The molecule has 0 fully saturated rings. The van der Waals surface area contributed by atoms with Gasteiger partial charge < -0.3 is 15.3 Å². The minimum Gasteiger partial charge on any atom is -0.480 e. The van der Waals surface area contributed by atoms with Crippen LogP contribution in [0.2, 0.25) is 0 Å². The molecule has 7 nitrogen and oxygen atoms in total. The molecule has 0 aliphatic carbocycles. The average molecular weight is 506 g/mol. The summed E-state index contributed by atoms with van der Waals surface area (Å²) in [6, 6.07) is 12.2. The standard InChI is InChI=1S/C28H31N3O4S/c1-4-5-6-7-22-15-29-26(36-22)25(32)30-21-12-10-18(11-13-21)19-8-9-20-16-31(27(33)23(20)14-19)24(17(2)3)28(34)35/h8-15,17,24H,4-7,16H2,1-3H3,(H,30,32)(H,34,35)/t24-/m0/s1. The number of hydrogen-bond donors (Lipinski definition) is 2. The fourth-order valence-electron chi connectivity index (χ4n) is 4.51. The van der Waals surface area contributed by atoms with Gasteiger partial charge in [0.2, 0.25) is 0 Å². The number of aliphatic carboxylic acids is 1. The summed E-state index contributed by atoms with van der Waals surface area (Å²) < 4.78 is 0. The van der Waals surface area contributed by atoms with Crippen LogP contribution in [0.1, 0.15) is 70.6 Å². The van der Waals surface area contributed by atoms with Crippen LogP contribution in [0.25, 0.3) is 11.1 Å². The van der Waals surface area contributed by atoms with Crippen molar-refractivity contribution in [2.24, 2.45) is 5.92 Å². The minimum absolute atomic E-state index is 0.194. The number of carboxylic acid groups (broad SMARTS) is 1. The van der Waals surface area contributed by atoms with E-state index in [2.05, 4.69) is 17.2 Å². The second kappa shape index (κ2) is 11.0. The summed E-state index contributed by atoms with van der Waals surface area (Å²) in [7, 11) is 0. The molecule has 1 aliphatic heterocycles. The van der Waals surface area contributed by atoms with Crippen LogP contribution in [-0.4, -0.2) is 38.8 Å². The molecule has 36 heavy (non-hydrogen) atoms. The summed E-state index contributed by atoms with van der Waals surface area (Å²) in [5, 5.41) is 13.0. The molecule has 2 amide bonds. The lowest BCUT2D eigenvalue weighted by Crippen LogP contribution is -2.44. The molecule has 0 bridgehead atoms. The molecule has 0 spiro atoms. The van der Waals surface area contributed by atoms with Crippen LogP contribution in [0.15, 0.2) is 48.7 Å². The Hall–Kier alpha value is -3.52. The molecule has 0 unspecified atom stereocenters. The maximum Gasteiger partial charge on any atom is 0.326 e. The largest absolute Gasteiger partial charge is 0.480 e. The van der Waals surface area contributed by atoms with Gasteiger partial charge in [0.25, 0.3) is 11.8 Å². The van der Waals surface area contributed by atoms with E-state index >= 15 is 0 Å². The molecule has 4 rings (SSSR count). The fraction of sp³-hybridized carbons (Fsp3) is 0.357. The Kier molecular flexibility index (Phi) is 7.84. The monoisotopic (exact) mass is 505 g/mol. The Bertz CT molecular complexity index is 1270. The van der Waals surface area contributed by atoms with Crippen molar-refractivity contribution in [2.75, 3.05) is 5.32 Å². The Morgan fingerprint density at radius 2 is 1.83 bits per heavy atom. The average Bonchev–Trinajstić information content (AvgIpc) is 3.44. The predicted octanol–water partition coefficient (Wildman–Crippen LogP) is 5.86. The smallest absolute Gasteiger partial charge is 0.326 e. The third kappa shape index (κ3) is 5.49. The first-order valence-electron chi connectivity index (χ1n) is 12.3. The zero-order chi connectivity index (χ0) is 25.8. The highest BCUT2D eigenvalue weighted by Crippen LogP contribution is 2.31. The lowest BCUT2D eigenvalue weighted by Gasteiger charge is -2.27. The molecule has 1 atom stereocenters. The van der Waals surface area contributed by atoms with E-state index in [0.717, 1.165) is 40.8 Å². The van der Waals surface area contributed by atoms with Gasteiger partial charge in [-0.25, -0.2) is 9.78 Å². The van der Waals surface area contributed by atoms with Crippen LogP contribution in [-0.2, 0) is 17.8 Å². The van der Waals surface area contributed by atoms with Crippen molar-refractivity contribution in [1.82, 2.24) is 9.88 Å². The number of aromatic nitrogens is 1. The van der Waals surface area contributed by atoms with Gasteiger partial charge in [-0.1, -0.05) is 57.9 Å². The lowest BCUT2D eigenvalue weighted by molar-refractivity contribution is -0.144. The van der Waals surface area contributed by atoms with E-state index in [1.54, 1.807) is 6.20 Å². The first kappa shape index (κ1) is 25.6. The number of rotatable bonds is 10. The van der Waals surface area contributed by atoms with Gasteiger partial charge in [0.15, 0.2) is 5.01 Å². The number of thiazole rings is 1. The van der Waals surface area contributed by atoms with Crippen molar-refractivity contribution in [3.63, 3.8) is 0 Å². The van der Waals surface area contributed by atoms with Crippen LogP contribution in [0, 0.1) is 5.92 Å². The van der Waals surface area contributed by atoms with Gasteiger partial charge >= 0.3 is 5.97 Å². The number of carbonyl (C=O) groups is 3. The van der Waals surface area contributed by atoms with Gasteiger partial charge in [-0.2, -0.15) is 0 Å². The number of carbonyl (C=O) groups excluding carboxylic acids is 2. The van der Waals surface area contributed by atoms with E-state index in [-0.39, 0.29) is 17.7 Å². The number of nitrogens with zero attached hydrogens (tertiary/aromatic N) is 2. The van der Waals surface area contributed by atoms with Gasteiger partial charge in [0.05, 0.1) is 0 Å². The zero-order valence-electron chi connectivity index (χ0n) is 20.8. The van der Waals surface area contributed by atoms with Gasteiger partial charge in [0, 0.05) is 28.9 Å². The number of benzene rings is 2. The summed E-state index contributed by atoms with van der Waals surface area (Å²) in [4.78, 5) is 44.2. The number of carboxylic acids is 1. The number of hydrogen-bond acceptors (Lipinski definition) is 5. The van der Waals surface area contributed by atoms with Crippen LogP contribution >= 0.6 is 11.3 Å². The SMILES string of the molecule is CCCCCc1cnc(C(=O)Nc2ccc(-c3ccc4c(c3)C(=O)N([C@H](C(=O)O)C(C)C)C4)cc2)s1. The topological polar surface area (TPSA) is 99.6 Å². The highest BCUT2D eigenvalue weighted by Gasteiger charge is 2.38. The maximum absolute atomic E-state index is 13.0. The first-order valence-corrected chi connectivity index (χ1v) is 13.1. The van der Waals surface area contributed by atoms with Crippen molar-refractivity contribution < 1.29 is 19.5 Å². The lowest BCUT2D eigenvalue weighted by atomic mass is 10.00. The third-order valence-electron chi connectivity index (χ3n) is 6.41. The molecule has 1 aromatic heterocycles. The Balaban J connectivity index is 1.44. The molecule has 0 saturated carbocycles. The molecule has 0 saturated heterocycles. The Morgan fingerprint density at radius 1 is 1.11 bits per heavy atom. The van der Waals surface area contributed by atoms with E-state index in [4.69, 9.17) is 0 Å². The Labute approximate surface area is 215 Å². The van der Waals surface area contributed by atoms with Crippen LogP contribution in [0.5, 0.6) is 0 Å². The Morgan fingerprint density at radius 3 is 2.50 bits per heavy atom. The number of aryl methyl sites for hydroxylation is 1. The molecule has 1 aliphatic rings. The summed E-state index contributed by atoms with van der Waals surface area (Å²) >= 11 is 1.43. The third-order valence-corrected chi connectivity index (χ3v) is 7.47. The van der Waals surface area contributed by atoms with Crippen molar-refractivity contribution >= 4 is 34.8 Å². The van der Waals surface area contributed by atoms with Crippen LogP contribution < -0.4 is 5.32 Å². The van der Waals surface area contributed by atoms with Crippen LogP contribution in [0.4, 0.5) is 5.69 Å². The number of anilines is 1.